The minimum Gasteiger partial charge on any atom is -0.494 e. The molecule has 4 heterocycles. The van der Waals surface area contributed by atoms with Crippen LogP contribution < -0.4 is 11.1 Å². The van der Waals surface area contributed by atoms with Crippen LogP contribution >= 0.6 is 24.4 Å². The molecule has 4 aromatic rings. The molecule has 2 N–H and O–H groups in total. The molecule has 10 nitrogen and oxygen atoms in total. The maximum absolute atomic E-state index is 13.7. The lowest BCUT2D eigenvalue weighted by Crippen LogP contribution is -2.30. The van der Waals surface area contributed by atoms with E-state index in [2.05, 4.69) is 0 Å². The molecule has 0 unspecified atom stereocenters. The molecule has 0 amide bonds. The topological polar surface area (TPSA) is 119 Å². The number of aromatic hydroxyl groups is 2. The minimum absolute atomic E-state index is 0.0503. The van der Waals surface area contributed by atoms with E-state index in [-0.39, 0.29) is 32.4 Å². The summed E-state index contributed by atoms with van der Waals surface area (Å²) in [7, 11) is 0. The summed E-state index contributed by atoms with van der Waals surface area (Å²) >= 11 is 11.0. The lowest BCUT2D eigenvalue weighted by Gasteiger charge is -2.15. The van der Waals surface area contributed by atoms with E-state index in [0.717, 1.165) is 0 Å². The molecular formula is C32H30N6O4S2. The van der Waals surface area contributed by atoms with Crippen LogP contribution in [0.3, 0.4) is 0 Å². The number of nitrogens with zero attached hydrogens (tertiary/aromatic N) is 6. The molecule has 0 atom stereocenters. The molecule has 2 aromatic carbocycles. The van der Waals surface area contributed by atoms with E-state index in [1.165, 1.54) is 18.3 Å². The van der Waals surface area contributed by atoms with E-state index >= 15 is 0 Å². The van der Waals surface area contributed by atoms with E-state index < -0.39 is 11.1 Å². The predicted molar refractivity (Wildman–Crippen MR) is 176 cm³/mol. The second-order valence-electron chi connectivity index (χ2n) is 10.3. The first-order valence-corrected chi connectivity index (χ1v) is 15.3. The van der Waals surface area contributed by atoms with Crippen LogP contribution in [0, 0.1) is 9.54 Å². The average Bonchev–Trinajstić information content (AvgIpc) is 3.57. The van der Waals surface area contributed by atoms with E-state index in [0.29, 0.717) is 71.3 Å². The van der Waals surface area contributed by atoms with Crippen molar-refractivity contribution in [3.05, 3.63) is 112 Å². The maximum atomic E-state index is 13.7. The summed E-state index contributed by atoms with van der Waals surface area (Å²) in [5.41, 5.74) is 3.53. The van der Waals surface area contributed by atoms with Crippen molar-refractivity contribution < 1.29 is 10.2 Å². The van der Waals surface area contributed by atoms with Gasteiger partial charge in [-0.05, 0) is 52.1 Å². The van der Waals surface area contributed by atoms with Crippen molar-refractivity contribution in [2.45, 2.75) is 53.9 Å². The fourth-order valence-corrected chi connectivity index (χ4v) is 6.77. The van der Waals surface area contributed by atoms with Crippen LogP contribution in [-0.4, -0.2) is 39.9 Å². The molecule has 0 spiro atoms. The summed E-state index contributed by atoms with van der Waals surface area (Å²) in [6.07, 6.45) is 0. The maximum Gasteiger partial charge on any atom is 0.267 e. The highest BCUT2D eigenvalue weighted by molar-refractivity contribution is 7.71. The van der Waals surface area contributed by atoms with Crippen molar-refractivity contribution >= 4 is 47.3 Å². The molecule has 44 heavy (non-hydrogen) atoms. The van der Waals surface area contributed by atoms with Crippen LogP contribution in [0.4, 0.5) is 0 Å². The minimum atomic E-state index is -0.436. The fraction of sp³-hybridized carbons (Fsp3) is 0.250. The Hall–Kier alpha value is -4.68. The number of rotatable bonds is 6. The lowest BCUT2D eigenvalue weighted by atomic mass is 9.97. The van der Waals surface area contributed by atoms with Gasteiger partial charge < -0.3 is 10.2 Å². The summed E-state index contributed by atoms with van der Waals surface area (Å²) in [4.78, 5) is 37.4. The zero-order chi connectivity index (χ0) is 31.4. The van der Waals surface area contributed by atoms with Crippen molar-refractivity contribution in [2.75, 3.05) is 0 Å². The summed E-state index contributed by atoms with van der Waals surface area (Å²) in [6.45, 7) is 8.71. The van der Waals surface area contributed by atoms with Gasteiger partial charge in [0.2, 0.25) is 11.8 Å². The molecule has 0 aliphatic carbocycles. The van der Waals surface area contributed by atoms with Crippen LogP contribution in [0.15, 0.2) is 68.1 Å². The van der Waals surface area contributed by atoms with E-state index in [1.54, 1.807) is 0 Å². The van der Waals surface area contributed by atoms with Gasteiger partial charge in [-0.15, -0.1) is 0 Å². The van der Waals surface area contributed by atoms with Crippen LogP contribution in [0.1, 0.15) is 61.1 Å². The highest BCUT2D eigenvalue weighted by atomic mass is 32.1. The van der Waals surface area contributed by atoms with Crippen molar-refractivity contribution in [2.24, 2.45) is 9.98 Å². The Morgan fingerprint density at radius 2 is 0.886 bits per heavy atom. The molecule has 0 fully saturated rings. The highest BCUT2D eigenvalue weighted by Gasteiger charge is 2.34. The Bertz CT molecular complexity index is 2080. The van der Waals surface area contributed by atoms with Gasteiger partial charge in [0.05, 0.1) is 22.8 Å². The molecule has 224 valence electrons. The lowest BCUT2D eigenvalue weighted by molar-refractivity contribution is 0.399. The second kappa shape index (κ2) is 11.1. The number of aromatic nitrogens is 4. The van der Waals surface area contributed by atoms with Crippen LogP contribution in [0.5, 0.6) is 11.8 Å². The van der Waals surface area contributed by atoms with Gasteiger partial charge in [-0.2, -0.15) is 0 Å². The van der Waals surface area contributed by atoms with Gasteiger partial charge in [0.25, 0.3) is 11.1 Å². The largest absolute Gasteiger partial charge is 0.494 e. The molecule has 0 bridgehead atoms. The van der Waals surface area contributed by atoms with Gasteiger partial charge in [0.1, 0.15) is 11.1 Å². The Labute approximate surface area is 262 Å². The first-order chi connectivity index (χ1) is 21.2. The van der Waals surface area contributed by atoms with Crippen molar-refractivity contribution in [1.29, 1.82) is 0 Å². The molecule has 2 aromatic heterocycles. The van der Waals surface area contributed by atoms with Gasteiger partial charge >= 0.3 is 0 Å². The number of hydrogen-bond donors (Lipinski definition) is 2. The van der Waals surface area contributed by atoms with Crippen LogP contribution in [-0.2, 0) is 26.2 Å². The van der Waals surface area contributed by atoms with E-state index in [9.17, 15) is 19.8 Å². The monoisotopic (exact) mass is 626 g/mol. The van der Waals surface area contributed by atoms with Crippen molar-refractivity contribution in [3.8, 4) is 11.8 Å². The summed E-state index contributed by atoms with van der Waals surface area (Å²) in [5, 5.41) is 22.6. The zero-order valence-electron chi connectivity index (χ0n) is 24.7. The number of aliphatic imine (C=N–C) groups is 2. The van der Waals surface area contributed by atoms with Gasteiger partial charge in [-0.1, -0.05) is 48.5 Å². The van der Waals surface area contributed by atoms with Gasteiger partial charge in [0, 0.05) is 48.4 Å². The smallest absolute Gasteiger partial charge is 0.267 e. The number of fused-ring (bicyclic) bond motifs is 2. The van der Waals surface area contributed by atoms with E-state index in [4.69, 9.17) is 34.4 Å². The van der Waals surface area contributed by atoms with E-state index in [1.807, 2.05) is 76.2 Å². The molecule has 0 saturated carbocycles. The average molecular weight is 627 g/mol. The molecular weight excluding hydrogens is 597 g/mol. The van der Waals surface area contributed by atoms with Crippen molar-refractivity contribution in [3.63, 3.8) is 0 Å². The third-order valence-corrected chi connectivity index (χ3v) is 8.97. The number of benzene rings is 2. The zero-order valence-corrected chi connectivity index (χ0v) is 26.3. The van der Waals surface area contributed by atoms with Gasteiger partial charge in [0.15, 0.2) is 9.54 Å². The summed E-state index contributed by atoms with van der Waals surface area (Å²) in [6, 6.07) is 14.9. The van der Waals surface area contributed by atoms with Gasteiger partial charge in [-0.25, -0.2) is 9.98 Å². The molecule has 12 heteroatoms. The number of hydrogen-bond acceptors (Lipinski definition) is 8. The standard InChI is InChI=1S/C32H30N6O4S2/c1-5-35-27(39)21(28(40)36(6-2)31(35)43)23-17-13-9-11-15-19(17)25(33-23)26-20-16-12-10-14-18(20)24(34-26)22-29(41)37(7-3)32(44)38(8-4)30(22)42/h9-16,39,41H,5-8H2,1-4H3. The Kier molecular flexibility index (Phi) is 7.42. The first-order valence-electron chi connectivity index (χ1n) is 14.4. The first kappa shape index (κ1) is 29.4. The summed E-state index contributed by atoms with van der Waals surface area (Å²) in [5.74, 6) is -0.498. The van der Waals surface area contributed by atoms with Crippen molar-refractivity contribution in [1.82, 2.24) is 18.3 Å². The molecule has 0 radical (unpaired) electrons. The quantitative estimate of drug-likeness (QED) is 0.288. The SMILES string of the molecule is CCn1c(O)c(C2=NC(=C3N=C(c4c(O)n(CC)c(=S)n(CC)c4=O)c4ccccc43)c3ccccc32)c(=O)n(CC)c1=S. The summed E-state index contributed by atoms with van der Waals surface area (Å²) < 4.78 is 6.38. The molecule has 2 aliphatic heterocycles. The normalized spacial score (nSPS) is 15.3. The Balaban J connectivity index is 1.70. The predicted octanol–water partition coefficient (Wildman–Crippen LogP) is 5.09. The van der Waals surface area contributed by atoms with Crippen LogP contribution in [0.25, 0.3) is 11.4 Å². The second-order valence-corrected chi connectivity index (χ2v) is 11.0. The fourth-order valence-electron chi connectivity index (χ4n) is 5.92. The third-order valence-electron chi connectivity index (χ3n) is 8.08. The molecule has 0 saturated heterocycles. The van der Waals surface area contributed by atoms with Gasteiger partial charge in [-0.3, -0.25) is 27.9 Å². The third kappa shape index (κ3) is 4.12. The molecule has 6 rings (SSSR count). The highest BCUT2D eigenvalue weighted by Crippen LogP contribution is 2.42. The molecule has 2 aliphatic rings. The Morgan fingerprint density at radius 1 is 0.568 bits per heavy atom. The Morgan fingerprint density at radius 3 is 1.20 bits per heavy atom. The van der Waals surface area contributed by atoms with Crippen LogP contribution in [0.2, 0.25) is 0 Å².